The van der Waals surface area contributed by atoms with Gasteiger partial charge in [-0.2, -0.15) is 10.2 Å². The second kappa shape index (κ2) is 9.73. The molecule has 1 saturated carbocycles. The highest BCUT2D eigenvalue weighted by Crippen LogP contribution is 2.23. The van der Waals surface area contributed by atoms with Crippen molar-refractivity contribution in [1.29, 1.82) is 5.26 Å². The second-order valence-corrected chi connectivity index (χ2v) is 7.09. The highest BCUT2D eigenvalue weighted by atomic mass is 15.1. The Labute approximate surface area is 166 Å². The number of hydrogen-bond acceptors (Lipinski definition) is 6. The van der Waals surface area contributed by atoms with Gasteiger partial charge in [-0.05, 0) is 49.9 Å². The molecule has 1 aliphatic carbocycles. The lowest BCUT2D eigenvalue weighted by Crippen LogP contribution is -2.27. The predicted molar refractivity (Wildman–Crippen MR) is 112 cm³/mol. The van der Waals surface area contributed by atoms with Gasteiger partial charge in [-0.3, -0.25) is 0 Å². The Balaban J connectivity index is 1.78. The number of nitrogens with zero attached hydrogens (tertiary/aromatic N) is 3. The van der Waals surface area contributed by atoms with Gasteiger partial charge >= 0.3 is 0 Å². The van der Waals surface area contributed by atoms with E-state index in [4.69, 9.17) is 11.0 Å². The minimum absolute atomic E-state index is 0.265. The molecule has 1 aliphatic rings. The van der Waals surface area contributed by atoms with E-state index in [0.717, 1.165) is 55.7 Å². The maximum absolute atomic E-state index is 8.90. The molecule has 1 fully saturated rings. The molecular formula is C22H26N6. The molecule has 1 heterocycles. The van der Waals surface area contributed by atoms with Crippen molar-refractivity contribution in [1.82, 2.24) is 9.97 Å². The fraction of sp³-hybridized carbons (Fsp3) is 0.409. The standard InChI is InChI=1S/C22H26N6/c1-2-12-25-21-18(9-6-16-4-3-5-19(24)13-16)15-26-22(28-21)27-20-10-7-17(14-23)8-11-20/h7-8,10-11,15-16,19H,2-5,12-13,24H2,1H3,(H2,25,26,27,28)/t16?,19-/m0/s1. The zero-order valence-corrected chi connectivity index (χ0v) is 16.2. The third kappa shape index (κ3) is 5.45. The Morgan fingerprint density at radius 3 is 2.79 bits per heavy atom. The van der Waals surface area contributed by atoms with E-state index in [2.05, 4.69) is 45.4 Å². The fourth-order valence-corrected chi connectivity index (χ4v) is 3.21. The van der Waals surface area contributed by atoms with E-state index in [1.54, 1.807) is 18.3 Å². The largest absolute Gasteiger partial charge is 0.369 e. The van der Waals surface area contributed by atoms with Crippen molar-refractivity contribution in [2.75, 3.05) is 17.2 Å². The Bertz CT molecular complexity index is 888. The maximum atomic E-state index is 8.90. The SMILES string of the molecule is CCCNc1nc(Nc2ccc(C#N)cc2)ncc1C#CC1CCC[C@H](N)C1. The van der Waals surface area contributed by atoms with E-state index in [0.29, 0.717) is 17.4 Å². The number of aromatic nitrogens is 2. The molecule has 1 unspecified atom stereocenters. The molecule has 6 nitrogen and oxygen atoms in total. The third-order valence-electron chi connectivity index (χ3n) is 4.73. The lowest BCUT2D eigenvalue weighted by molar-refractivity contribution is 0.381. The molecule has 0 aliphatic heterocycles. The summed E-state index contributed by atoms with van der Waals surface area (Å²) in [7, 11) is 0. The highest BCUT2D eigenvalue weighted by molar-refractivity contribution is 5.60. The molecule has 6 heteroatoms. The van der Waals surface area contributed by atoms with Crippen LogP contribution in [0.3, 0.4) is 0 Å². The molecule has 0 saturated heterocycles. The van der Waals surface area contributed by atoms with Crippen molar-refractivity contribution in [3.63, 3.8) is 0 Å². The zero-order chi connectivity index (χ0) is 19.8. The Hall–Kier alpha value is -3.09. The van der Waals surface area contributed by atoms with Crippen molar-refractivity contribution in [3.05, 3.63) is 41.6 Å². The molecule has 1 aromatic heterocycles. The number of nitrogens with one attached hydrogen (secondary N) is 2. The van der Waals surface area contributed by atoms with Gasteiger partial charge in [0.15, 0.2) is 0 Å². The highest BCUT2D eigenvalue weighted by Gasteiger charge is 2.17. The summed E-state index contributed by atoms with van der Waals surface area (Å²) >= 11 is 0. The first-order chi connectivity index (χ1) is 13.7. The lowest BCUT2D eigenvalue weighted by Gasteiger charge is -2.22. The quantitative estimate of drug-likeness (QED) is 0.689. The molecule has 4 N–H and O–H groups in total. The molecule has 1 aromatic carbocycles. The summed E-state index contributed by atoms with van der Waals surface area (Å²) in [5, 5.41) is 15.4. The molecule has 0 spiro atoms. The van der Waals surface area contributed by atoms with Crippen LogP contribution in [0.25, 0.3) is 0 Å². The molecule has 0 radical (unpaired) electrons. The van der Waals surface area contributed by atoms with Gasteiger partial charge in [0.25, 0.3) is 0 Å². The number of nitriles is 1. The summed E-state index contributed by atoms with van der Waals surface area (Å²) in [5.74, 6) is 8.20. The first kappa shape index (κ1) is 19.7. The molecule has 0 amide bonds. The third-order valence-corrected chi connectivity index (χ3v) is 4.73. The van der Waals surface area contributed by atoms with E-state index in [1.807, 2.05) is 12.1 Å². The molecule has 0 bridgehead atoms. The topological polar surface area (TPSA) is 99.6 Å². The number of anilines is 3. The van der Waals surface area contributed by atoms with Crippen LogP contribution in [0.1, 0.15) is 50.2 Å². The molecule has 28 heavy (non-hydrogen) atoms. The van der Waals surface area contributed by atoms with E-state index in [9.17, 15) is 0 Å². The van der Waals surface area contributed by atoms with Gasteiger partial charge in [0.1, 0.15) is 5.82 Å². The van der Waals surface area contributed by atoms with E-state index < -0.39 is 0 Å². The van der Waals surface area contributed by atoms with E-state index in [-0.39, 0.29) is 6.04 Å². The summed E-state index contributed by atoms with van der Waals surface area (Å²) in [6.07, 6.45) is 7.06. The normalized spacial score (nSPS) is 18.5. The van der Waals surface area contributed by atoms with Crippen molar-refractivity contribution in [2.24, 2.45) is 11.7 Å². The summed E-state index contributed by atoms with van der Waals surface area (Å²) in [6.45, 7) is 2.93. The van der Waals surface area contributed by atoms with Gasteiger partial charge in [0.2, 0.25) is 5.95 Å². The lowest BCUT2D eigenvalue weighted by atomic mass is 9.86. The molecule has 2 atom stereocenters. The average Bonchev–Trinajstić information content (AvgIpc) is 2.72. The zero-order valence-electron chi connectivity index (χ0n) is 16.2. The van der Waals surface area contributed by atoms with Gasteiger partial charge < -0.3 is 16.4 Å². The Morgan fingerprint density at radius 2 is 2.07 bits per heavy atom. The van der Waals surface area contributed by atoms with Crippen LogP contribution in [-0.4, -0.2) is 22.6 Å². The number of benzene rings is 1. The van der Waals surface area contributed by atoms with Crippen LogP contribution in [0.2, 0.25) is 0 Å². The summed E-state index contributed by atoms with van der Waals surface area (Å²) in [6, 6.07) is 9.56. The van der Waals surface area contributed by atoms with Gasteiger partial charge in [-0.15, -0.1) is 0 Å². The van der Waals surface area contributed by atoms with Gasteiger partial charge in [0, 0.05) is 24.2 Å². The smallest absolute Gasteiger partial charge is 0.229 e. The van der Waals surface area contributed by atoms with Crippen molar-refractivity contribution >= 4 is 17.5 Å². The van der Waals surface area contributed by atoms with Crippen LogP contribution in [0, 0.1) is 29.1 Å². The van der Waals surface area contributed by atoms with E-state index in [1.165, 1.54) is 0 Å². The van der Waals surface area contributed by atoms with Crippen molar-refractivity contribution < 1.29 is 0 Å². The Morgan fingerprint density at radius 1 is 1.25 bits per heavy atom. The average molecular weight is 374 g/mol. The van der Waals surface area contributed by atoms with Crippen LogP contribution in [0.5, 0.6) is 0 Å². The Kier molecular flexibility index (Phi) is 6.84. The van der Waals surface area contributed by atoms with Crippen LogP contribution in [0.15, 0.2) is 30.5 Å². The van der Waals surface area contributed by atoms with Crippen LogP contribution in [0.4, 0.5) is 17.5 Å². The number of hydrogen-bond donors (Lipinski definition) is 3. The number of nitrogens with two attached hydrogens (primary N) is 1. The van der Waals surface area contributed by atoms with Gasteiger partial charge in [-0.1, -0.05) is 25.2 Å². The van der Waals surface area contributed by atoms with Crippen molar-refractivity contribution in [2.45, 2.75) is 45.1 Å². The van der Waals surface area contributed by atoms with Crippen LogP contribution in [-0.2, 0) is 0 Å². The molecular weight excluding hydrogens is 348 g/mol. The minimum atomic E-state index is 0.265. The van der Waals surface area contributed by atoms with Gasteiger partial charge in [0.05, 0.1) is 23.4 Å². The first-order valence-corrected chi connectivity index (χ1v) is 9.83. The molecule has 3 rings (SSSR count). The van der Waals surface area contributed by atoms with Crippen molar-refractivity contribution in [3.8, 4) is 17.9 Å². The van der Waals surface area contributed by atoms with Gasteiger partial charge in [-0.25, -0.2) is 4.98 Å². The molecule has 144 valence electrons. The monoisotopic (exact) mass is 374 g/mol. The maximum Gasteiger partial charge on any atom is 0.229 e. The first-order valence-electron chi connectivity index (χ1n) is 9.83. The number of rotatable bonds is 5. The van der Waals surface area contributed by atoms with E-state index >= 15 is 0 Å². The summed E-state index contributed by atoms with van der Waals surface area (Å²) in [5.41, 5.74) is 8.32. The molecule has 2 aromatic rings. The summed E-state index contributed by atoms with van der Waals surface area (Å²) < 4.78 is 0. The predicted octanol–water partition coefficient (Wildman–Crippen LogP) is 3.78. The van der Waals surface area contributed by atoms with Crippen LogP contribution >= 0.6 is 0 Å². The minimum Gasteiger partial charge on any atom is -0.369 e. The second-order valence-electron chi connectivity index (χ2n) is 7.09. The summed E-state index contributed by atoms with van der Waals surface area (Å²) in [4.78, 5) is 9.01. The fourth-order valence-electron chi connectivity index (χ4n) is 3.21. The van der Waals surface area contributed by atoms with Crippen LogP contribution < -0.4 is 16.4 Å².